The molecule has 2 rings (SSSR count). The van der Waals surface area contributed by atoms with Gasteiger partial charge in [-0.1, -0.05) is 28.1 Å². The third kappa shape index (κ3) is 3.19. The molecule has 2 nitrogen and oxygen atoms in total. The smallest absolute Gasteiger partial charge is 0.126 e. The van der Waals surface area contributed by atoms with E-state index in [2.05, 4.69) is 21.2 Å². The summed E-state index contributed by atoms with van der Waals surface area (Å²) in [6.45, 7) is 3.43. The van der Waals surface area contributed by atoms with E-state index in [1.54, 1.807) is 13.0 Å². The zero-order chi connectivity index (χ0) is 14.8. The highest BCUT2D eigenvalue weighted by Crippen LogP contribution is 2.27. The van der Waals surface area contributed by atoms with Gasteiger partial charge in [0, 0.05) is 10.2 Å². The van der Waals surface area contributed by atoms with Crippen LogP contribution in [0.2, 0.25) is 0 Å². The van der Waals surface area contributed by atoms with Crippen LogP contribution >= 0.6 is 15.9 Å². The fourth-order valence-corrected chi connectivity index (χ4v) is 2.26. The summed E-state index contributed by atoms with van der Waals surface area (Å²) >= 11 is 3.38. The molecule has 4 heteroatoms. The van der Waals surface area contributed by atoms with Crippen molar-refractivity contribution in [2.24, 2.45) is 0 Å². The molecule has 0 amide bonds. The molecule has 0 aliphatic carbocycles. The maximum Gasteiger partial charge on any atom is 0.126 e. The fraction of sp³-hybridized carbons (Fsp3) is 0.250. The van der Waals surface area contributed by atoms with Gasteiger partial charge >= 0.3 is 0 Å². The van der Waals surface area contributed by atoms with Crippen LogP contribution in [0.25, 0.3) is 0 Å². The van der Waals surface area contributed by atoms with Crippen molar-refractivity contribution in [3.63, 3.8) is 0 Å². The van der Waals surface area contributed by atoms with Crippen LogP contribution in [0.1, 0.15) is 18.1 Å². The summed E-state index contributed by atoms with van der Waals surface area (Å²) in [6.07, 6.45) is 0. The molecular weight excluding hydrogens is 321 g/mol. The van der Waals surface area contributed by atoms with Crippen molar-refractivity contribution in [2.45, 2.75) is 19.4 Å². The highest BCUT2D eigenvalue weighted by Gasteiger charge is 2.26. The van der Waals surface area contributed by atoms with Crippen molar-refractivity contribution in [1.29, 1.82) is 0 Å². The van der Waals surface area contributed by atoms with Crippen molar-refractivity contribution >= 4 is 21.6 Å². The number of rotatable bonds is 4. The van der Waals surface area contributed by atoms with E-state index < -0.39 is 5.54 Å². The minimum Gasteiger partial charge on any atom is -0.394 e. The van der Waals surface area contributed by atoms with Gasteiger partial charge in [0.05, 0.1) is 12.1 Å². The van der Waals surface area contributed by atoms with Crippen molar-refractivity contribution in [1.82, 2.24) is 0 Å². The van der Waals surface area contributed by atoms with Crippen LogP contribution in [-0.4, -0.2) is 11.7 Å². The van der Waals surface area contributed by atoms with Crippen LogP contribution in [0, 0.1) is 12.7 Å². The quantitative estimate of drug-likeness (QED) is 0.875. The largest absolute Gasteiger partial charge is 0.394 e. The Hall–Kier alpha value is -1.39. The molecule has 1 atom stereocenters. The van der Waals surface area contributed by atoms with E-state index in [4.69, 9.17) is 0 Å². The van der Waals surface area contributed by atoms with Crippen molar-refractivity contribution < 1.29 is 9.50 Å². The molecule has 2 aromatic rings. The molecule has 20 heavy (non-hydrogen) atoms. The number of anilines is 1. The SMILES string of the molecule is Cc1ccc(C(C)(CO)Nc2ccc(Br)cc2)cc1F. The Morgan fingerprint density at radius 3 is 2.40 bits per heavy atom. The van der Waals surface area contributed by atoms with Crippen LogP contribution in [0.5, 0.6) is 0 Å². The molecule has 0 aliphatic heterocycles. The number of nitrogens with one attached hydrogen (secondary N) is 1. The van der Waals surface area contributed by atoms with Gasteiger partial charge < -0.3 is 10.4 Å². The van der Waals surface area contributed by atoms with E-state index >= 15 is 0 Å². The number of halogens is 2. The first kappa shape index (κ1) is 15.0. The monoisotopic (exact) mass is 337 g/mol. The molecular formula is C16H17BrFNO. The number of aliphatic hydroxyl groups excluding tert-OH is 1. The summed E-state index contributed by atoms with van der Waals surface area (Å²) in [7, 11) is 0. The van der Waals surface area contributed by atoms with E-state index in [-0.39, 0.29) is 12.4 Å². The summed E-state index contributed by atoms with van der Waals surface area (Å²) in [6, 6.07) is 12.7. The summed E-state index contributed by atoms with van der Waals surface area (Å²) < 4.78 is 14.7. The average Bonchev–Trinajstić information content (AvgIpc) is 2.44. The predicted octanol–water partition coefficient (Wildman–Crippen LogP) is 4.22. The Labute approximate surface area is 126 Å². The van der Waals surface area contributed by atoms with Crippen molar-refractivity contribution in [3.8, 4) is 0 Å². The first-order chi connectivity index (χ1) is 9.44. The lowest BCUT2D eigenvalue weighted by Gasteiger charge is -2.31. The normalized spacial score (nSPS) is 13.8. The number of hydrogen-bond donors (Lipinski definition) is 2. The molecule has 106 valence electrons. The van der Waals surface area contributed by atoms with Crippen molar-refractivity contribution in [2.75, 3.05) is 11.9 Å². The van der Waals surface area contributed by atoms with Gasteiger partial charge in [-0.25, -0.2) is 4.39 Å². The lowest BCUT2D eigenvalue weighted by atomic mass is 9.91. The predicted molar refractivity (Wildman–Crippen MR) is 83.3 cm³/mol. The maximum atomic E-state index is 13.7. The standard InChI is InChI=1S/C16H17BrFNO/c1-11-3-4-12(9-15(11)18)16(2,10-20)19-14-7-5-13(17)6-8-14/h3-9,19-20H,10H2,1-2H3. The zero-order valence-corrected chi connectivity index (χ0v) is 13.0. The number of hydrogen-bond acceptors (Lipinski definition) is 2. The molecule has 2 aromatic carbocycles. The first-order valence-corrected chi connectivity index (χ1v) is 7.15. The number of aryl methyl sites for hydroxylation is 1. The molecule has 0 spiro atoms. The van der Waals surface area contributed by atoms with Gasteiger partial charge in [0.25, 0.3) is 0 Å². The third-order valence-corrected chi connectivity index (χ3v) is 3.92. The molecule has 0 aliphatic rings. The van der Waals surface area contributed by atoms with Crippen LogP contribution in [0.15, 0.2) is 46.9 Å². The van der Waals surface area contributed by atoms with Gasteiger partial charge in [0.15, 0.2) is 0 Å². The van der Waals surface area contributed by atoms with Gasteiger partial charge in [-0.15, -0.1) is 0 Å². The van der Waals surface area contributed by atoms with E-state index in [1.165, 1.54) is 6.07 Å². The second-order valence-electron chi connectivity index (χ2n) is 5.09. The molecule has 0 aromatic heterocycles. The molecule has 0 fully saturated rings. The zero-order valence-electron chi connectivity index (χ0n) is 11.5. The van der Waals surface area contributed by atoms with Crippen molar-refractivity contribution in [3.05, 3.63) is 63.9 Å². The van der Waals surface area contributed by atoms with E-state index in [1.807, 2.05) is 37.3 Å². The topological polar surface area (TPSA) is 32.3 Å². The van der Waals surface area contributed by atoms with E-state index in [9.17, 15) is 9.50 Å². The molecule has 1 unspecified atom stereocenters. The second-order valence-corrected chi connectivity index (χ2v) is 6.00. The lowest BCUT2D eigenvalue weighted by molar-refractivity contribution is 0.223. The molecule has 0 saturated heterocycles. The Morgan fingerprint density at radius 2 is 1.85 bits per heavy atom. The van der Waals surface area contributed by atoms with Crippen LogP contribution in [-0.2, 0) is 5.54 Å². The Morgan fingerprint density at radius 1 is 1.20 bits per heavy atom. The molecule has 2 N–H and O–H groups in total. The highest BCUT2D eigenvalue weighted by molar-refractivity contribution is 9.10. The Balaban J connectivity index is 2.32. The van der Waals surface area contributed by atoms with Gasteiger partial charge in [0.2, 0.25) is 0 Å². The van der Waals surface area contributed by atoms with Gasteiger partial charge in [-0.3, -0.25) is 0 Å². The Kier molecular flexibility index (Phi) is 4.45. The van der Waals surface area contributed by atoms with Gasteiger partial charge in [-0.2, -0.15) is 0 Å². The average molecular weight is 338 g/mol. The molecule has 0 bridgehead atoms. The minimum atomic E-state index is -0.734. The second kappa shape index (κ2) is 5.94. The summed E-state index contributed by atoms with van der Waals surface area (Å²) in [4.78, 5) is 0. The molecule has 0 heterocycles. The first-order valence-electron chi connectivity index (χ1n) is 6.36. The Bertz CT molecular complexity index is 600. The summed E-state index contributed by atoms with van der Waals surface area (Å²) in [5.41, 5.74) is 1.44. The van der Waals surface area contributed by atoms with Crippen LogP contribution in [0.4, 0.5) is 10.1 Å². The van der Waals surface area contributed by atoms with E-state index in [0.29, 0.717) is 11.1 Å². The lowest BCUT2D eigenvalue weighted by Crippen LogP contribution is -2.36. The van der Waals surface area contributed by atoms with Gasteiger partial charge in [0.1, 0.15) is 5.82 Å². The number of benzene rings is 2. The maximum absolute atomic E-state index is 13.7. The fourth-order valence-electron chi connectivity index (χ4n) is 1.99. The summed E-state index contributed by atoms with van der Waals surface area (Å²) in [5, 5.41) is 13.0. The summed E-state index contributed by atoms with van der Waals surface area (Å²) in [5.74, 6) is -0.264. The molecule has 0 saturated carbocycles. The van der Waals surface area contributed by atoms with Gasteiger partial charge in [-0.05, 0) is 55.3 Å². The van der Waals surface area contributed by atoms with E-state index in [0.717, 1.165) is 10.2 Å². The molecule has 0 radical (unpaired) electrons. The minimum absolute atomic E-state index is 0.133. The highest BCUT2D eigenvalue weighted by atomic mass is 79.9. The van der Waals surface area contributed by atoms with Crippen LogP contribution < -0.4 is 5.32 Å². The van der Waals surface area contributed by atoms with Crippen LogP contribution in [0.3, 0.4) is 0 Å². The third-order valence-electron chi connectivity index (χ3n) is 3.39. The number of aliphatic hydroxyl groups is 1.